The number of hydrogen-bond acceptors (Lipinski definition) is 4. The number of aromatic nitrogens is 1. The summed E-state index contributed by atoms with van der Waals surface area (Å²) in [5.41, 5.74) is 4.59. The van der Waals surface area contributed by atoms with E-state index in [1.165, 1.54) is 12.1 Å². The van der Waals surface area contributed by atoms with E-state index in [2.05, 4.69) is 5.43 Å². The summed E-state index contributed by atoms with van der Waals surface area (Å²) in [4.78, 5) is 22.8. The molecule has 0 aliphatic rings. The lowest BCUT2D eigenvalue weighted by molar-refractivity contribution is -0.384. The van der Waals surface area contributed by atoms with Crippen LogP contribution in [0.2, 0.25) is 0 Å². The number of aryl methyl sites for hydroxylation is 1. The summed E-state index contributed by atoms with van der Waals surface area (Å²) in [6.07, 6.45) is 0. The Bertz CT molecular complexity index is 916. The van der Waals surface area contributed by atoms with Crippen molar-refractivity contribution in [3.8, 4) is 11.1 Å². The molecule has 1 aromatic heterocycles. The number of nitrogens with one attached hydrogen (secondary N) is 1. The van der Waals surface area contributed by atoms with Gasteiger partial charge in [-0.3, -0.25) is 20.3 Å². The van der Waals surface area contributed by atoms with Crippen molar-refractivity contribution < 1.29 is 9.72 Å². The largest absolute Gasteiger partial charge is 0.339 e. The smallest absolute Gasteiger partial charge is 0.282 e. The first-order valence-electron chi connectivity index (χ1n) is 6.87. The van der Waals surface area contributed by atoms with Crippen molar-refractivity contribution in [1.29, 1.82) is 0 Å². The molecular weight excluding hydrogens is 296 g/mol. The lowest BCUT2D eigenvalue weighted by Crippen LogP contribution is -2.31. The van der Waals surface area contributed by atoms with Crippen LogP contribution < -0.4 is 11.3 Å². The molecule has 116 valence electrons. The second-order valence-electron chi connectivity index (χ2n) is 5.08. The summed E-state index contributed by atoms with van der Waals surface area (Å²) < 4.78 is 1.68. The molecule has 0 atom stereocenters. The van der Waals surface area contributed by atoms with E-state index >= 15 is 0 Å². The van der Waals surface area contributed by atoms with Crippen molar-refractivity contribution in [3.63, 3.8) is 0 Å². The van der Waals surface area contributed by atoms with E-state index in [-0.39, 0.29) is 5.69 Å². The zero-order valence-corrected chi connectivity index (χ0v) is 12.3. The number of benzene rings is 2. The molecule has 7 heteroatoms. The SMILES string of the molecule is Cn1c(C(=O)NN)c(-c2ccccc2)c2cc([N+](=O)[O-])ccc21. The Balaban J connectivity index is 2.43. The molecule has 2 aromatic carbocycles. The number of carbonyl (C=O) groups excluding carboxylic acids is 1. The van der Waals surface area contributed by atoms with Crippen LogP contribution in [0, 0.1) is 10.1 Å². The Morgan fingerprint density at radius 2 is 1.91 bits per heavy atom. The summed E-state index contributed by atoms with van der Waals surface area (Å²) in [6.45, 7) is 0. The highest BCUT2D eigenvalue weighted by Gasteiger charge is 2.23. The van der Waals surface area contributed by atoms with Gasteiger partial charge >= 0.3 is 0 Å². The van der Waals surface area contributed by atoms with Crippen LogP contribution in [-0.4, -0.2) is 15.4 Å². The molecule has 1 amide bonds. The van der Waals surface area contributed by atoms with E-state index in [1.807, 2.05) is 30.3 Å². The van der Waals surface area contributed by atoms with Gasteiger partial charge in [0.15, 0.2) is 0 Å². The number of nitrogens with zero attached hydrogens (tertiary/aromatic N) is 2. The minimum Gasteiger partial charge on any atom is -0.339 e. The number of nitrogens with two attached hydrogens (primary N) is 1. The minimum atomic E-state index is -0.454. The molecule has 0 bridgehead atoms. The maximum atomic E-state index is 12.2. The second-order valence-corrected chi connectivity index (χ2v) is 5.08. The molecule has 7 nitrogen and oxygen atoms in total. The van der Waals surface area contributed by atoms with Gasteiger partial charge in [0.1, 0.15) is 5.69 Å². The fourth-order valence-electron chi connectivity index (χ4n) is 2.78. The second kappa shape index (κ2) is 5.54. The predicted octanol–water partition coefficient (Wildman–Crippen LogP) is 2.36. The monoisotopic (exact) mass is 310 g/mol. The van der Waals surface area contributed by atoms with Crippen LogP contribution in [0.1, 0.15) is 10.5 Å². The molecule has 0 unspecified atom stereocenters. The molecule has 0 saturated heterocycles. The minimum absolute atomic E-state index is 0.0278. The fraction of sp³-hybridized carbons (Fsp3) is 0.0625. The molecular formula is C16H14N4O3. The number of rotatable bonds is 3. The quantitative estimate of drug-likeness (QED) is 0.335. The molecule has 0 spiro atoms. The molecule has 3 N–H and O–H groups in total. The average molecular weight is 310 g/mol. The third-order valence-corrected chi connectivity index (χ3v) is 3.80. The third kappa shape index (κ3) is 2.33. The summed E-state index contributed by atoms with van der Waals surface area (Å²) in [6, 6.07) is 13.8. The van der Waals surface area contributed by atoms with E-state index in [4.69, 9.17) is 5.84 Å². The highest BCUT2D eigenvalue weighted by Crippen LogP contribution is 2.36. The molecule has 0 fully saturated rings. The average Bonchev–Trinajstić information content (AvgIpc) is 2.87. The number of nitrogen functional groups attached to an aromatic ring is 1. The summed E-state index contributed by atoms with van der Waals surface area (Å²) in [5.74, 6) is 4.85. The van der Waals surface area contributed by atoms with Crippen LogP contribution in [0.5, 0.6) is 0 Å². The Hall–Kier alpha value is -3.19. The third-order valence-electron chi connectivity index (χ3n) is 3.80. The zero-order valence-electron chi connectivity index (χ0n) is 12.3. The fourth-order valence-corrected chi connectivity index (χ4v) is 2.78. The molecule has 0 aliphatic heterocycles. The van der Waals surface area contributed by atoms with Crippen LogP contribution in [0.25, 0.3) is 22.0 Å². The first kappa shape index (κ1) is 14.7. The van der Waals surface area contributed by atoms with Gasteiger partial charge in [-0.25, -0.2) is 5.84 Å². The van der Waals surface area contributed by atoms with Gasteiger partial charge in [0.25, 0.3) is 11.6 Å². The first-order chi connectivity index (χ1) is 11.0. The van der Waals surface area contributed by atoms with Crippen molar-refractivity contribution in [2.24, 2.45) is 12.9 Å². The molecule has 1 heterocycles. The zero-order chi connectivity index (χ0) is 16.6. The van der Waals surface area contributed by atoms with Crippen LogP contribution in [0.15, 0.2) is 48.5 Å². The van der Waals surface area contributed by atoms with Crippen LogP contribution in [0.3, 0.4) is 0 Å². The van der Waals surface area contributed by atoms with Crippen molar-refractivity contribution in [2.75, 3.05) is 0 Å². The number of nitro groups is 1. The van der Waals surface area contributed by atoms with E-state index in [0.717, 1.165) is 5.56 Å². The Morgan fingerprint density at radius 3 is 2.52 bits per heavy atom. The van der Waals surface area contributed by atoms with Gasteiger partial charge in [-0.1, -0.05) is 30.3 Å². The molecule has 0 saturated carbocycles. The summed E-state index contributed by atoms with van der Waals surface area (Å²) >= 11 is 0. The van der Waals surface area contributed by atoms with Gasteiger partial charge in [-0.2, -0.15) is 0 Å². The molecule has 0 aliphatic carbocycles. The molecule has 23 heavy (non-hydrogen) atoms. The highest BCUT2D eigenvalue weighted by atomic mass is 16.6. The predicted molar refractivity (Wildman–Crippen MR) is 86.7 cm³/mol. The van der Waals surface area contributed by atoms with Gasteiger partial charge in [-0.05, 0) is 11.6 Å². The normalized spacial score (nSPS) is 10.7. The van der Waals surface area contributed by atoms with Crippen LogP contribution >= 0.6 is 0 Å². The van der Waals surface area contributed by atoms with Gasteiger partial charge in [0, 0.05) is 35.6 Å². The lowest BCUT2D eigenvalue weighted by Gasteiger charge is -2.06. The summed E-state index contributed by atoms with van der Waals surface area (Å²) in [5, 5.41) is 11.7. The Morgan fingerprint density at radius 1 is 1.22 bits per heavy atom. The number of hydrazine groups is 1. The summed E-state index contributed by atoms with van der Waals surface area (Å²) in [7, 11) is 1.73. The van der Waals surface area contributed by atoms with Gasteiger partial charge in [-0.15, -0.1) is 0 Å². The number of fused-ring (bicyclic) bond motifs is 1. The molecule has 3 aromatic rings. The maximum Gasteiger partial charge on any atom is 0.282 e. The van der Waals surface area contributed by atoms with E-state index < -0.39 is 10.8 Å². The molecule has 0 radical (unpaired) electrons. The Labute approximate surface area is 131 Å². The van der Waals surface area contributed by atoms with Crippen molar-refractivity contribution in [2.45, 2.75) is 0 Å². The molecule has 3 rings (SSSR count). The van der Waals surface area contributed by atoms with E-state index in [1.54, 1.807) is 17.7 Å². The van der Waals surface area contributed by atoms with Gasteiger partial charge in [0.05, 0.1) is 4.92 Å². The number of nitro benzene ring substituents is 1. The number of hydrogen-bond donors (Lipinski definition) is 2. The van der Waals surface area contributed by atoms with E-state index in [9.17, 15) is 14.9 Å². The number of non-ortho nitro benzene ring substituents is 1. The van der Waals surface area contributed by atoms with Crippen LogP contribution in [0.4, 0.5) is 5.69 Å². The first-order valence-corrected chi connectivity index (χ1v) is 6.87. The van der Waals surface area contributed by atoms with Crippen molar-refractivity contribution in [1.82, 2.24) is 9.99 Å². The van der Waals surface area contributed by atoms with Crippen LogP contribution in [-0.2, 0) is 7.05 Å². The number of carbonyl (C=O) groups is 1. The van der Waals surface area contributed by atoms with E-state index in [0.29, 0.717) is 22.2 Å². The standard InChI is InChI=1S/C16H14N4O3/c1-19-13-8-7-11(20(22)23)9-12(13)14(15(19)16(21)18-17)10-5-3-2-4-6-10/h2-9H,17H2,1H3,(H,18,21). The van der Waals surface area contributed by atoms with Gasteiger partial charge in [0.2, 0.25) is 0 Å². The van der Waals surface area contributed by atoms with Crippen molar-refractivity contribution in [3.05, 3.63) is 64.3 Å². The topological polar surface area (TPSA) is 103 Å². The number of amides is 1. The van der Waals surface area contributed by atoms with Crippen molar-refractivity contribution >= 4 is 22.5 Å². The highest BCUT2D eigenvalue weighted by molar-refractivity contribution is 6.10. The van der Waals surface area contributed by atoms with Gasteiger partial charge < -0.3 is 4.57 Å². The maximum absolute atomic E-state index is 12.2. The lowest BCUT2D eigenvalue weighted by atomic mass is 10.0. The Kier molecular flexibility index (Phi) is 3.55.